The topological polar surface area (TPSA) is 67.4 Å². The molecule has 0 aromatic rings. The van der Waals surface area contributed by atoms with Crippen molar-refractivity contribution in [3.05, 3.63) is 0 Å². The molecule has 8 heteroatoms. The smallest absolute Gasteiger partial charge is 0.408 e. The molecule has 0 aliphatic carbocycles. The lowest BCUT2D eigenvalue weighted by atomic mass is 10.1. The third-order valence-corrected chi connectivity index (χ3v) is 1.83. The fraction of sp³-hybridized carbons (Fsp3) is 0.867. The Hall–Kier alpha value is -1.47. The number of nitrogens with one attached hydrogen (secondary N) is 2. The minimum absolute atomic E-state index is 0.761. The number of carbonyl (C=O) groups is 2. The van der Waals surface area contributed by atoms with Gasteiger partial charge in [0, 0.05) is 0 Å². The highest BCUT2D eigenvalue weighted by molar-refractivity contribution is 5.89. The van der Waals surface area contributed by atoms with Crippen molar-refractivity contribution in [3.63, 3.8) is 0 Å². The van der Waals surface area contributed by atoms with Crippen LogP contribution in [0.15, 0.2) is 0 Å². The number of alkyl halides is 3. The fourth-order valence-electron chi connectivity index (χ4n) is 1.02. The number of carbonyl (C=O) groups excluding carboxylic acids is 2. The summed E-state index contributed by atoms with van der Waals surface area (Å²) in [5.74, 6) is -0.948. The molecule has 0 saturated carbocycles. The molecular weight excluding hydrogens is 313 g/mol. The first-order valence-corrected chi connectivity index (χ1v) is 7.59. The van der Waals surface area contributed by atoms with E-state index in [0.29, 0.717) is 0 Å². The molecule has 0 heterocycles. The van der Waals surface area contributed by atoms with E-state index in [1.165, 1.54) is 13.8 Å². The Bertz CT molecular complexity index is 349. The Labute approximate surface area is 137 Å². The fourth-order valence-corrected chi connectivity index (χ4v) is 1.02. The summed E-state index contributed by atoms with van der Waals surface area (Å²) < 4.78 is 40.8. The van der Waals surface area contributed by atoms with Crippen LogP contribution in [0, 0.1) is 0 Å². The molecule has 0 aliphatic heterocycles. The number of rotatable bonds is 3. The van der Waals surface area contributed by atoms with Crippen LogP contribution in [0.2, 0.25) is 0 Å². The molecule has 0 rings (SSSR count). The lowest BCUT2D eigenvalue weighted by Gasteiger charge is -2.27. The van der Waals surface area contributed by atoms with Gasteiger partial charge in [-0.1, -0.05) is 27.7 Å². The average molecular weight is 344 g/mol. The predicted molar refractivity (Wildman–Crippen MR) is 85.2 cm³/mol. The van der Waals surface area contributed by atoms with E-state index in [2.05, 4.69) is 5.32 Å². The second kappa shape index (κ2) is 11.1. The molecule has 0 bridgehead atoms. The van der Waals surface area contributed by atoms with Crippen molar-refractivity contribution in [2.45, 2.75) is 79.6 Å². The van der Waals surface area contributed by atoms with Crippen LogP contribution >= 0.6 is 0 Å². The maximum absolute atomic E-state index is 12.0. The molecule has 0 spiro atoms. The molecule has 0 unspecified atom stereocenters. The lowest BCUT2D eigenvalue weighted by molar-refractivity contribution is -0.141. The molecule has 0 fully saturated rings. The molecule has 140 valence electrons. The lowest BCUT2D eigenvalue weighted by Crippen LogP contribution is -2.56. The number of ether oxygens (including phenoxy) is 1. The van der Waals surface area contributed by atoms with Crippen molar-refractivity contribution in [1.82, 2.24) is 10.6 Å². The molecule has 0 aliphatic rings. The van der Waals surface area contributed by atoms with Gasteiger partial charge in [-0.3, -0.25) is 4.79 Å². The molecule has 2 amide bonds. The van der Waals surface area contributed by atoms with Crippen LogP contribution in [0.4, 0.5) is 18.0 Å². The first-order valence-electron chi connectivity index (χ1n) is 7.59. The van der Waals surface area contributed by atoms with E-state index in [-0.39, 0.29) is 0 Å². The van der Waals surface area contributed by atoms with Crippen molar-refractivity contribution >= 4 is 12.0 Å². The van der Waals surface area contributed by atoms with Gasteiger partial charge in [-0.15, -0.1) is 0 Å². The standard InChI is InChI=1S/C11H19F3N2O3.2C2H6/c1-9(2,3)19-8(18)16-10(4,5)7(17)15-6-11(12,13)14;2*1-2/h6H2,1-5H3,(H,15,17)(H,16,18);2*1-2H3. The van der Waals surface area contributed by atoms with E-state index in [4.69, 9.17) is 4.74 Å². The number of amides is 2. The second-order valence-electron chi connectivity index (χ2n) is 5.55. The summed E-state index contributed by atoms with van der Waals surface area (Å²) in [7, 11) is 0. The first kappa shape index (κ1) is 26.4. The second-order valence-corrected chi connectivity index (χ2v) is 5.55. The molecule has 0 aromatic carbocycles. The largest absolute Gasteiger partial charge is 0.444 e. The number of hydrogen-bond donors (Lipinski definition) is 2. The zero-order valence-electron chi connectivity index (χ0n) is 15.6. The number of hydrogen-bond acceptors (Lipinski definition) is 3. The third-order valence-electron chi connectivity index (χ3n) is 1.83. The molecule has 0 radical (unpaired) electrons. The van der Waals surface area contributed by atoms with Crippen LogP contribution in [0.5, 0.6) is 0 Å². The number of alkyl carbamates (subject to hydrolysis) is 1. The van der Waals surface area contributed by atoms with Crippen molar-refractivity contribution < 1.29 is 27.5 Å². The molecule has 5 nitrogen and oxygen atoms in total. The average Bonchev–Trinajstić information content (AvgIpc) is 2.36. The van der Waals surface area contributed by atoms with E-state index in [0.717, 1.165) is 0 Å². The normalized spacial score (nSPS) is 11.1. The van der Waals surface area contributed by atoms with Gasteiger partial charge >= 0.3 is 12.3 Å². The van der Waals surface area contributed by atoms with E-state index in [1.807, 2.05) is 27.7 Å². The summed E-state index contributed by atoms with van der Waals surface area (Å²) in [5, 5.41) is 3.91. The van der Waals surface area contributed by atoms with Gasteiger partial charge in [0.05, 0.1) is 0 Å². The molecule has 0 atom stereocenters. The molecule has 23 heavy (non-hydrogen) atoms. The summed E-state index contributed by atoms with van der Waals surface area (Å²) >= 11 is 0. The summed E-state index contributed by atoms with van der Waals surface area (Å²) in [4.78, 5) is 23.0. The third kappa shape index (κ3) is 16.7. The monoisotopic (exact) mass is 344 g/mol. The Morgan fingerprint density at radius 1 is 0.913 bits per heavy atom. The maximum Gasteiger partial charge on any atom is 0.408 e. The minimum atomic E-state index is -4.50. The van der Waals surface area contributed by atoms with Crippen molar-refractivity contribution in [3.8, 4) is 0 Å². The van der Waals surface area contributed by atoms with Crippen molar-refractivity contribution in [2.24, 2.45) is 0 Å². The minimum Gasteiger partial charge on any atom is -0.444 e. The van der Waals surface area contributed by atoms with E-state index in [9.17, 15) is 22.8 Å². The van der Waals surface area contributed by atoms with Gasteiger partial charge in [-0.25, -0.2) is 4.79 Å². The summed E-state index contributed by atoms with van der Waals surface area (Å²) in [6, 6.07) is 0. The van der Waals surface area contributed by atoms with Gasteiger partial charge in [0.1, 0.15) is 17.7 Å². The van der Waals surface area contributed by atoms with Crippen molar-refractivity contribution in [1.29, 1.82) is 0 Å². The zero-order valence-corrected chi connectivity index (χ0v) is 15.6. The molecular formula is C15H31F3N2O3. The first-order chi connectivity index (χ1) is 10.2. The van der Waals surface area contributed by atoms with Gasteiger partial charge < -0.3 is 15.4 Å². The van der Waals surface area contributed by atoms with E-state index < -0.39 is 35.9 Å². The van der Waals surface area contributed by atoms with Crippen LogP contribution < -0.4 is 10.6 Å². The van der Waals surface area contributed by atoms with Gasteiger partial charge in [0.2, 0.25) is 5.91 Å². The maximum atomic E-state index is 12.0. The van der Waals surface area contributed by atoms with Crippen LogP contribution in [-0.2, 0) is 9.53 Å². The Kier molecular flexibility index (Phi) is 12.8. The zero-order chi connectivity index (χ0) is 19.5. The Balaban J connectivity index is -0.000000919. The highest BCUT2D eigenvalue weighted by Gasteiger charge is 2.35. The SMILES string of the molecule is CC.CC.CC(C)(C)OC(=O)NC(C)(C)C(=O)NCC(F)(F)F. The van der Waals surface area contributed by atoms with Gasteiger partial charge in [0.15, 0.2) is 0 Å². The van der Waals surface area contributed by atoms with E-state index >= 15 is 0 Å². The van der Waals surface area contributed by atoms with Gasteiger partial charge in [0.25, 0.3) is 0 Å². The van der Waals surface area contributed by atoms with Crippen LogP contribution in [-0.4, -0.2) is 35.9 Å². The summed E-state index contributed by atoms with van der Waals surface area (Å²) in [6.45, 7) is 14.0. The summed E-state index contributed by atoms with van der Waals surface area (Å²) in [6.07, 6.45) is -5.38. The number of halogens is 3. The molecule has 0 saturated heterocycles. The quantitative estimate of drug-likeness (QED) is 0.812. The van der Waals surface area contributed by atoms with Crippen LogP contribution in [0.1, 0.15) is 62.3 Å². The molecule has 2 N–H and O–H groups in total. The van der Waals surface area contributed by atoms with E-state index in [1.54, 1.807) is 26.1 Å². The summed E-state index contributed by atoms with van der Waals surface area (Å²) in [5.41, 5.74) is -2.27. The van der Waals surface area contributed by atoms with Gasteiger partial charge in [-0.2, -0.15) is 13.2 Å². The van der Waals surface area contributed by atoms with Crippen LogP contribution in [0.3, 0.4) is 0 Å². The predicted octanol–water partition coefficient (Wildman–Crippen LogP) is 4.02. The highest BCUT2D eigenvalue weighted by atomic mass is 19.4. The van der Waals surface area contributed by atoms with Crippen molar-refractivity contribution in [2.75, 3.05) is 6.54 Å². The molecule has 0 aromatic heterocycles. The Morgan fingerprint density at radius 2 is 1.30 bits per heavy atom. The Morgan fingerprint density at radius 3 is 1.61 bits per heavy atom. The van der Waals surface area contributed by atoms with Gasteiger partial charge in [-0.05, 0) is 34.6 Å². The highest BCUT2D eigenvalue weighted by Crippen LogP contribution is 2.14. The van der Waals surface area contributed by atoms with Crippen LogP contribution in [0.25, 0.3) is 0 Å².